The third-order valence-electron chi connectivity index (χ3n) is 3.34. The van der Waals surface area contributed by atoms with Gasteiger partial charge >= 0.3 is 0 Å². The van der Waals surface area contributed by atoms with Crippen LogP contribution in [0, 0.1) is 0 Å². The molecule has 3 N–H and O–H groups in total. The van der Waals surface area contributed by atoms with Crippen LogP contribution in [0.3, 0.4) is 0 Å². The van der Waals surface area contributed by atoms with E-state index in [2.05, 4.69) is 23.7 Å². The van der Waals surface area contributed by atoms with Crippen molar-refractivity contribution in [2.24, 2.45) is 0 Å². The summed E-state index contributed by atoms with van der Waals surface area (Å²) in [7, 11) is 3.49. The van der Waals surface area contributed by atoms with Crippen molar-refractivity contribution in [2.45, 2.75) is 19.9 Å². The number of nitrogen functional groups attached to an aromatic ring is 1. The number of carbonyl (C=O) groups is 1. The van der Waals surface area contributed by atoms with E-state index in [1.54, 1.807) is 42.5 Å². The third kappa shape index (κ3) is 3.55. The fraction of sp³-hybridized carbons (Fsp3) is 0.312. The van der Waals surface area contributed by atoms with Gasteiger partial charge in [0.25, 0.3) is 5.91 Å². The fourth-order valence-corrected chi connectivity index (χ4v) is 3.06. The van der Waals surface area contributed by atoms with Crippen molar-refractivity contribution in [3.05, 3.63) is 45.6 Å². The highest BCUT2D eigenvalue weighted by Gasteiger charge is 2.14. The molecule has 0 aliphatic rings. The molecule has 21 heavy (non-hydrogen) atoms. The summed E-state index contributed by atoms with van der Waals surface area (Å²) in [4.78, 5) is 15.1. The summed E-state index contributed by atoms with van der Waals surface area (Å²) < 4.78 is 0. The average molecular weight is 303 g/mol. The van der Waals surface area contributed by atoms with Gasteiger partial charge in [-0.25, -0.2) is 0 Å². The number of nitrogens with one attached hydrogen (secondary N) is 1. The van der Waals surface area contributed by atoms with Crippen LogP contribution in [0.5, 0.6) is 0 Å². The van der Waals surface area contributed by atoms with Gasteiger partial charge in [-0.2, -0.15) is 0 Å². The van der Waals surface area contributed by atoms with Gasteiger partial charge in [-0.15, -0.1) is 11.3 Å². The summed E-state index contributed by atoms with van der Waals surface area (Å²) >= 11 is 1.73. The number of aryl methyl sites for hydroxylation is 1. The molecular formula is C16H21N3OS. The first kappa shape index (κ1) is 15.4. The van der Waals surface area contributed by atoms with Gasteiger partial charge in [-0.05, 0) is 41.6 Å². The fourth-order valence-electron chi connectivity index (χ4n) is 2.15. The largest absolute Gasteiger partial charge is 0.399 e. The quantitative estimate of drug-likeness (QED) is 0.834. The zero-order valence-corrected chi connectivity index (χ0v) is 13.5. The Labute approximate surface area is 129 Å². The minimum absolute atomic E-state index is 0.0283. The number of carbonyl (C=O) groups excluding carboxylic acids is 1. The van der Waals surface area contributed by atoms with Gasteiger partial charge in [-0.1, -0.05) is 6.92 Å². The molecular weight excluding hydrogens is 282 g/mol. The van der Waals surface area contributed by atoms with E-state index in [-0.39, 0.29) is 5.91 Å². The monoisotopic (exact) mass is 303 g/mol. The van der Waals surface area contributed by atoms with E-state index >= 15 is 0 Å². The molecule has 0 saturated carbocycles. The summed E-state index contributed by atoms with van der Waals surface area (Å²) in [5.41, 5.74) is 9.26. The van der Waals surface area contributed by atoms with Gasteiger partial charge in [0.15, 0.2) is 0 Å². The molecule has 5 heteroatoms. The summed E-state index contributed by atoms with van der Waals surface area (Å²) in [5, 5.41) is 5.45. The Morgan fingerprint density at radius 2 is 2.10 bits per heavy atom. The SMILES string of the molecule is CCc1ccsc1CNc1cc(N)ccc1C(=O)N(C)C. The topological polar surface area (TPSA) is 58.4 Å². The molecule has 112 valence electrons. The van der Waals surface area contributed by atoms with Gasteiger partial charge in [0, 0.05) is 36.9 Å². The first-order valence-electron chi connectivity index (χ1n) is 6.93. The molecule has 0 bridgehead atoms. The number of nitrogens with zero attached hydrogens (tertiary/aromatic N) is 1. The second kappa shape index (κ2) is 6.63. The lowest BCUT2D eigenvalue weighted by atomic mass is 10.1. The number of anilines is 2. The van der Waals surface area contributed by atoms with Crippen molar-refractivity contribution in [3.8, 4) is 0 Å². The van der Waals surface area contributed by atoms with E-state index in [9.17, 15) is 4.79 Å². The molecule has 0 saturated heterocycles. The van der Waals surface area contributed by atoms with Gasteiger partial charge in [0.05, 0.1) is 5.56 Å². The van der Waals surface area contributed by atoms with E-state index in [0.29, 0.717) is 17.8 Å². The number of thiophene rings is 1. The molecule has 0 spiro atoms. The molecule has 1 heterocycles. The van der Waals surface area contributed by atoms with Crippen LogP contribution in [0.15, 0.2) is 29.6 Å². The Morgan fingerprint density at radius 3 is 2.76 bits per heavy atom. The van der Waals surface area contributed by atoms with Crippen LogP contribution in [0.4, 0.5) is 11.4 Å². The summed E-state index contributed by atoms with van der Waals surface area (Å²) in [6.45, 7) is 2.85. The van der Waals surface area contributed by atoms with E-state index in [1.807, 2.05) is 6.07 Å². The first-order valence-corrected chi connectivity index (χ1v) is 7.81. The van der Waals surface area contributed by atoms with Crippen LogP contribution >= 0.6 is 11.3 Å². The van der Waals surface area contributed by atoms with Crippen LogP contribution in [0.2, 0.25) is 0 Å². The van der Waals surface area contributed by atoms with Gasteiger partial charge < -0.3 is 16.0 Å². The molecule has 2 rings (SSSR count). The lowest BCUT2D eigenvalue weighted by Crippen LogP contribution is -2.23. The predicted molar refractivity (Wildman–Crippen MR) is 89.9 cm³/mol. The zero-order valence-electron chi connectivity index (χ0n) is 12.6. The molecule has 0 atom stereocenters. The first-order chi connectivity index (χ1) is 10.0. The number of rotatable bonds is 5. The van der Waals surface area contributed by atoms with Crippen molar-refractivity contribution in [2.75, 3.05) is 25.1 Å². The Balaban J connectivity index is 2.22. The molecule has 2 aromatic rings. The second-order valence-electron chi connectivity index (χ2n) is 5.08. The van der Waals surface area contributed by atoms with Crippen molar-refractivity contribution >= 4 is 28.6 Å². The van der Waals surface area contributed by atoms with Crippen molar-refractivity contribution in [1.82, 2.24) is 4.90 Å². The smallest absolute Gasteiger partial charge is 0.255 e. The molecule has 1 amide bonds. The van der Waals surface area contributed by atoms with E-state index < -0.39 is 0 Å². The molecule has 0 unspecified atom stereocenters. The lowest BCUT2D eigenvalue weighted by molar-refractivity contribution is 0.0828. The van der Waals surface area contributed by atoms with E-state index in [4.69, 9.17) is 5.73 Å². The van der Waals surface area contributed by atoms with Crippen LogP contribution in [0.25, 0.3) is 0 Å². The minimum atomic E-state index is -0.0283. The zero-order chi connectivity index (χ0) is 15.4. The average Bonchev–Trinajstić information content (AvgIpc) is 2.91. The molecule has 0 aliphatic heterocycles. The second-order valence-corrected chi connectivity index (χ2v) is 6.08. The Kier molecular flexibility index (Phi) is 4.85. The van der Waals surface area contributed by atoms with Crippen LogP contribution < -0.4 is 11.1 Å². The number of nitrogens with two attached hydrogens (primary N) is 1. The van der Waals surface area contributed by atoms with E-state index in [0.717, 1.165) is 12.1 Å². The Morgan fingerprint density at radius 1 is 1.33 bits per heavy atom. The maximum atomic E-state index is 12.2. The van der Waals surface area contributed by atoms with Gasteiger partial charge in [0.1, 0.15) is 0 Å². The van der Waals surface area contributed by atoms with Crippen molar-refractivity contribution < 1.29 is 4.79 Å². The molecule has 1 aromatic heterocycles. The maximum absolute atomic E-state index is 12.2. The van der Waals surface area contributed by atoms with Crippen molar-refractivity contribution in [3.63, 3.8) is 0 Å². The molecule has 0 aliphatic carbocycles. The van der Waals surface area contributed by atoms with Gasteiger partial charge in [-0.3, -0.25) is 4.79 Å². The summed E-state index contributed by atoms with van der Waals surface area (Å²) in [5.74, 6) is -0.0283. The lowest BCUT2D eigenvalue weighted by Gasteiger charge is -2.16. The van der Waals surface area contributed by atoms with Crippen LogP contribution in [-0.2, 0) is 13.0 Å². The summed E-state index contributed by atoms with van der Waals surface area (Å²) in [6, 6.07) is 7.49. The van der Waals surface area contributed by atoms with Crippen LogP contribution in [-0.4, -0.2) is 24.9 Å². The molecule has 1 aromatic carbocycles. The van der Waals surface area contributed by atoms with Crippen molar-refractivity contribution in [1.29, 1.82) is 0 Å². The maximum Gasteiger partial charge on any atom is 0.255 e. The normalized spacial score (nSPS) is 10.4. The highest BCUT2D eigenvalue weighted by atomic mass is 32.1. The number of benzene rings is 1. The number of hydrogen-bond donors (Lipinski definition) is 2. The highest BCUT2D eigenvalue weighted by Crippen LogP contribution is 2.23. The van der Waals surface area contributed by atoms with Gasteiger partial charge in [0.2, 0.25) is 0 Å². The number of hydrogen-bond acceptors (Lipinski definition) is 4. The minimum Gasteiger partial charge on any atom is -0.399 e. The number of amides is 1. The van der Waals surface area contributed by atoms with E-state index in [1.165, 1.54) is 10.4 Å². The Hall–Kier alpha value is -2.01. The van der Waals surface area contributed by atoms with Crippen LogP contribution in [0.1, 0.15) is 27.7 Å². The molecule has 4 nitrogen and oxygen atoms in total. The Bertz CT molecular complexity index is 634. The highest BCUT2D eigenvalue weighted by molar-refractivity contribution is 7.10. The summed E-state index contributed by atoms with van der Waals surface area (Å²) in [6.07, 6.45) is 1.01. The molecule has 0 radical (unpaired) electrons. The molecule has 0 fully saturated rings. The predicted octanol–water partition coefficient (Wildman–Crippen LogP) is 3.21. The standard InChI is InChI=1S/C16H21N3OS/c1-4-11-7-8-21-15(11)10-18-14-9-12(17)5-6-13(14)16(20)19(2)3/h5-9,18H,4,10,17H2,1-3H3. The third-order valence-corrected chi connectivity index (χ3v) is 4.30.